The number of thiophene rings is 1. The van der Waals surface area contributed by atoms with Gasteiger partial charge in [-0.25, -0.2) is 15.2 Å². The van der Waals surface area contributed by atoms with Crippen LogP contribution in [0.1, 0.15) is 15.3 Å². The third-order valence-electron chi connectivity index (χ3n) is 3.03. The van der Waals surface area contributed by atoms with Crippen LogP contribution in [0.4, 0.5) is 4.79 Å². The molecule has 0 saturated carbocycles. The summed E-state index contributed by atoms with van der Waals surface area (Å²) in [6, 6.07) is 9.57. The van der Waals surface area contributed by atoms with Crippen LogP contribution in [0.5, 0.6) is 0 Å². The molecule has 0 saturated heterocycles. The average Bonchev–Trinajstić information content (AvgIpc) is 3.07. The lowest BCUT2D eigenvalue weighted by molar-refractivity contribution is 0.249. The molecule has 3 aromatic rings. The van der Waals surface area contributed by atoms with Crippen molar-refractivity contribution in [3.05, 3.63) is 45.6 Å². The SMILES string of the molecule is Cc1sc(C=NNC(N)=O)cc1CSc1nc2ccccc2s1. The third kappa shape index (κ3) is 4.10. The Kier molecular flexibility index (Phi) is 4.94. The number of para-hydroxylation sites is 1. The van der Waals surface area contributed by atoms with Gasteiger partial charge in [0.25, 0.3) is 0 Å². The number of fused-ring (bicyclic) bond motifs is 1. The summed E-state index contributed by atoms with van der Waals surface area (Å²) in [5.41, 5.74) is 9.46. The van der Waals surface area contributed by atoms with Crippen molar-refractivity contribution in [2.45, 2.75) is 17.0 Å². The van der Waals surface area contributed by atoms with Gasteiger partial charge in [0.2, 0.25) is 0 Å². The van der Waals surface area contributed by atoms with E-state index in [1.165, 1.54) is 15.1 Å². The van der Waals surface area contributed by atoms with Crippen LogP contribution in [0.2, 0.25) is 0 Å². The molecule has 0 aliphatic heterocycles. The second-order valence-electron chi connectivity index (χ2n) is 4.70. The summed E-state index contributed by atoms with van der Waals surface area (Å²) in [4.78, 5) is 17.4. The predicted octanol–water partition coefficient (Wildman–Crippen LogP) is 3.96. The van der Waals surface area contributed by atoms with Crippen molar-refractivity contribution < 1.29 is 4.79 Å². The maximum absolute atomic E-state index is 10.6. The fraction of sp³-hybridized carbons (Fsp3) is 0.133. The number of primary amides is 1. The molecule has 0 spiro atoms. The predicted molar refractivity (Wildman–Crippen MR) is 98.6 cm³/mol. The molecule has 8 heteroatoms. The second-order valence-corrected chi connectivity index (χ2v) is 8.24. The summed E-state index contributed by atoms with van der Waals surface area (Å²) in [7, 11) is 0. The number of hydrogen-bond acceptors (Lipinski definition) is 6. The summed E-state index contributed by atoms with van der Waals surface area (Å²) in [5, 5.41) is 3.79. The van der Waals surface area contributed by atoms with Crippen molar-refractivity contribution in [3.8, 4) is 0 Å². The molecule has 118 valence electrons. The Labute approximate surface area is 145 Å². The molecule has 3 rings (SSSR count). The van der Waals surface area contributed by atoms with E-state index < -0.39 is 6.03 Å². The number of benzene rings is 1. The molecule has 2 amide bonds. The van der Waals surface area contributed by atoms with Crippen LogP contribution >= 0.6 is 34.4 Å². The minimum Gasteiger partial charge on any atom is -0.350 e. The van der Waals surface area contributed by atoms with Crippen molar-refractivity contribution >= 4 is 56.9 Å². The van der Waals surface area contributed by atoms with E-state index in [1.807, 2.05) is 18.2 Å². The zero-order valence-corrected chi connectivity index (χ0v) is 14.7. The van der Waals surface area contributed by atoms with Crippen LogP contribution in [0.3, 0.4) is 0 Å². The Morgan fingerprint density at radius 2 is 2.26 bits per heavy atom. The standard InChI is InChI=1S/C15H14N4OS3/c1-9-10(6-11(22-9)7-17-19-14(16)20)8-21-15-18-12-4-2-3-5-13(12)23-15/h2-7H,8H2,1H3,(H3,16,19,20). The smallest absolute Gasteiger partial charge is 0.332 e. The zero-order chi connectivity index (χ0) is 16.2. The summed E-state index contributed by atoms with van der Waals surface area (Å²) in [6.07, 6.45) is 1.61. The van der Waals surface area contributed by atoms with Gasteiger partial charge in [0.15, 0.2) is 4.34 Å². The van der Waals surface area contributed by atoms with Crippen molar-refractivity contribution in [2.24, 2.45) is 10.8 Å². The molecule has 3 N–H and O–H groups in total. The van der Waals surface area contributed by atoms with Gasteiger partial charge in [-0.05, 0) is 30.7 Å². The monoisotopic (exact) mass is 362 g/mol. The van der Waals surface area contributed by atoms with E-state index in [2.05, 4.69) is 34.6 Å². The lowest BCUT2D eigenvalue weighted by Crippen LogP contribution is -2.24. The fourth-order valence-corrected chi connectivity index (χ4v) is 5.10. The van der Waals surface area contributed by atoms with Crippen LogP contribution in [0.15, 0.2) is 39.8 Å². The maximum Gasteiger partial charge on any atom is 0.332 e. The first-order chi connectivity index (χ1) is 11.1. The van der Waals surface area contributed by atoms with E-state index in [4.69, 9.17) is 5.73 Å². The van der Waals surface area contributed by atoms with Gasteiger partial charge >= 0.3 is 6.03 Å². The molecule has 0 fully saturated rings. The van der Waals surface area contributed by atoms with Crippen LogP contribution in [-0.2, 0) is 5.75 Å². The molecule has 23 heavy (non-hydrogen) atoms. The highest BCUT2D eigenvalue weighted by Crippen LogP contribution is 2.33. The molecular weight excluding hydrogens is 348 g/mol. The minimum absolute atomic E-state index is 0.666. The van der Waals surface area contributed by atoms with E-state index in [9.17, 15) is 4.79 Å². The van der Waals surface area contributed by atoms with Gasteiger partial charge in [-0.2, -0.15) is 5.10 Å². The zero-order valence-electron chi connectivity index (χ0n) is 12.3. The number of urea groups is 1. The van der Waals surface area contributed by atoms with Gasteiger partial charge in [0.05, 0.1) is 16.4 Å². The third-order valence-corrected chi connectivity index (χ3v) is 6.29. The number of rotatable bonds is 5. The van der Waals surface area contributed by atoms with Gasteiger partial charge in [-0.1, -0.05) is 23.9 Å². The summed E-state index contributed by atoms with van der Waals surface area (Å²) in [6.45, 7) is 2.08. The Hall–Kier alpha value is -1.90. The first kappa shape index (κ1) is 16.0. The maximum atomic E-state index is 10.6. The van der Waals surface area contributed by atoms with Crippen LogP contribution < -0.4 is 11.2 Å². The molecular formula is C15H14N4OS3. The van der Waals surface area contributed by atoms with E-state index in [-0.39, 0.29) is 0 Å². The van der Waals surface area contributed by atoms with Gasteiger partial charge in [-0.3, -0.25) is 0 Å². The first-order valence-electron chi connectivity index (χ1n) is 6.78. The number of nitrogens with one attached hydrogen (secondary N) is 1. The van der Waals surface area contributed by atoms with E-state index >= 15 is 0 Å². The molecule has 0 radical (unpaired) electrons. The Morgan fingerprint density at radius 1 is 1.43 bits per heavy atom. The number of carbonyl (C=O) groups is 1. The van der Waals surface area contributed by atoms with Crippen molar-refractivity contribution in [3.63, 3.8) is 0 Å². The number of aromatic nitrogens is 1. The van der Waals surface area contributed by atoms with Crippen LogP contribution in [-0.4, -0.2) is 17.2 Å². The highest BCUT2D eigenvalue weighted by atomic mass is 32.2. The fourth-order valence-electron chi connectivity index (χ4n) is 1.96. The minimum atomic E-state index is -0.666. The number of hydrogen-bond donors (Lipinski definition) is 2. The van der Waals surface area contributed by atoms with Crippen molar-refractivity contribution in [2.75, 3.05) is 0 Å². The van der Waals surface area contributed by atoms with Crippen molar-refractivity contribution in [1.29, 1.82) is 0 Å². The van der Waals surface area contributed by atoms with E-state index in [1.54, 1.807) is 40.7 Å². The number of amides is 2. The van der Waals surface area contributed by atoms with Gasteiger partial charge in [-0.15, -0.1) is 22.7 Å². The highest BCUT2D eigenvalue weighted by Gasteiger charge is 2.08. The number of nitrogens with zero attached hydrogens (tertiary/aromatic N) is 2. The molecule has 0 atom stereocenters. The number of nitrogens with two attached hydrogens (primary N) is 1. The summed E-state index contributed by atoms with van der Waals surface area (Å²) in [5.74, 6) is 0.860. The van der Waals surface area contributed by atoms with Crippen LogP contribution in [0, 0.1) is 6.92 Å². The van der Waals surface area contributed by atoms with Gasteiger partial charge < -0.3 is 5.73 Å². The Balaban J connectivity index is 1.67. The molecule has 5 nitrogen and oxygen atoms in total. The first-order valence-corrected chi connectivity index (χ1v) is 9.40. The van der Waals surface area contributed by atoms with Crippen LogP contribution in [0.25, 0.3) is 10.2 Å². The second kappa shape index (κ2) is 7.12. The lowest BCUT2D eigenvalue weighted by Gasteiger charge is -1.96. The Morgan fingerprint density at radius 3 is 3.04 bits per heavy atom. The normalized spacial score (nSPS) is 11.3. The van der Waals surface area contributed by atoms with E-state index in [0.29, 0.717) is 0 Å². The summed E-state index contributed by atoms with van der Waals surface area (Å²) < 4.78 is 2.28. The number of aryl methyl sites for hydroxylation is 1. The molecule has 0 aliphatic carbocycles. The number of carbonyl (C=O) groups excluding carboxylic acids is 1. The Bertz CT molecular complexity index is 836. The van der Waals surface area contributed by atoms with Gasteiger partial charge in [0.1, 0.15) is 0 Å². The van der Waals surface area contributed by atoms with Crippen molar-refractivity contribution in [1.82, 2.24) is 10.4 Å². The average molecular weight is 363 g/mol. The molecule has 0 bridgehead atoms. The summed E-state index contributed by atoms with van der Waals surface area (Å²) >= 11 is 5.08. The quantitative estimate of drug-likeness (QED) is 0.409. The van der Waals surface area contributed by atoms with E-state index in [0.717, 1.165) is 20.5 Å². The lowest BCUT2D eigenvalue weighted by atomic mass is 10.3. The highest BCUT2D eigenvalue weighted by molar-refractivity contribution is 8.00. The topological polar surface area (TPSA) is 80.4 Å². The number of hydrazone groups is 1. The molecule has 2 heterocycles. The number of thioether (sulfide) groups is 1. The largest absolute Gasteiger partial charge is 0.350 e. The molecule has 1 aromatic carbocycles. The number of thiazole rings is 1. The molecule has 0 aliphatic rings. The molecule has 0 unspecified atom stereocenters. The van der Waals surface area contributed by atoms with Gasteiger partial charge in [0, 0.05) is 15.5 Å². The molecule has 2 aromatic heterocycles.